The van der Waals surface area contributed by atoms with E-state index in [1.54, 1.807) is 0 Å². The molecule has 1 aromatic carbocycles. The lowest BCUT2D eigenvalue weighted by Gasteiger charge is -2.32. The molecule has 0 radical (unpaired) electrons. The second-order valence-corrected chi connectivity index (χ2v) is 6.34. The summed E-state index contributed by atoms with van der Waals surface area (Å²) < 4.78 is 0. The highest BCUT2D eigenvalue weighted by molar-refractivity contribution is 5.83. The van der Waals surface area contributed by atoms with Crippen molar-refractivity contribution in [3.8, 4) is 0 Å². The molecule has 0 aliphatic carbocycles. The fraction of sp³-hybridized carbons (Fsp3) is 0.444. The second kappa shape index (κ2) is 6.44. The van der Waals surface area contributed by atoms with Crippen LogP contribution in [0, 0.1) is 5.41 Å². The third kappa shape index (κ3) is 3.12. The zero-order chi connectivity index (χ0) is 15.4. The molecule has 1 aromatic heterocycles. The molecule has 1 unspecified atom stereocenters. The van der Waals surface area contributed by atoms with Gasteiger partial charge < -0.3 is 10.6 Å². The Balaban J connectivity index is 1.61. The molecule has 1 fully saturated rings. The molecular formula is C18H23N3O. The van der Waals surface area contributed by atoms with Gasteiger partial charge in [-0.1, -0.05) is 24.3 Å². The van der Waals surface area contributed by atoms with E-state index in [1.165, 1.54) is 5.56 Å². The van der Waals surface area contributed by atoms with Crippen molar-refractivity contribution in [3.63, 3.8) is 0 Å². The average molecular weight is 297 g/mol. The van der Waals surface area contributed by atoms with Gasteiger partial charge in [0.1, 0.15) is 0 Å². The molecule has 1 amide bonds. The quantitative estimate of drug-likeness (QED) is 0.910. The van der Waals surface area contributed by atoms with Crippen LogP contribution in [-0.2, 0) is 11.2 Å². The molecule has 22 heavy (non-hydrogen) atoms. The van der Waals surface area contributed by atoms with Gasteiger partial charge in [0.05, 0.1) is 10.9 Å². The minimum absolute atomic E-state index is 0.160. The predicted octanol–water partition coefficient (Wildman–Crippen LogP) is 2.28. The number of nitrogens with zero attached hydrogens (tertiary/aromatic N) is 1. The largest absolute Gasteiger partial charge is 0.355 e. The maximum Gasteiger partial charge on any atom is 0.227 e. The molecular weight excluding hydrogens is 274 g/mol. The number of para-hydroxylation sites is 1. The van der Waals surface area contributed by atoms with E-state index in [-0.39, 0.29) is 11.3 Å². The van der Waals surface area contributed by atoms with Crippen molar-refractivity contribution in [2.45, 2.75) is 26.2 Å². The van der Waals surface area contributed by atoms with Crippen LogP contribution in [0.25, 0.3) is 10.9 Å². The Hall–Kier alpha value is -1.94. The molecule has 4 nitrogen and oxygen atoms in total. The number of hydrogen-bond donors (Lipinski definition) is 2. The number of amides is 1. The number of piperidine rings is 1. The first kappa shape index (κ1) is 15.0. The summed E-state index contributed by atoms with van der Waals surface area (Å²) in [4.78, 5) is 16.9. The lowest BCUT2D eigenvalue weighted by Crippen LogP contribution is -2.49. The van der Waals surface area contributed by atoms with Gasteiger partial charge in [-0.3, -0.25) is 9.78 Å². The van der Waals surface area contributed by atoms with Gasteiger partial charge in [-0.15, -0.1) is 0 Å². The van der Waals surface area contributed by atoms with Crippen molar-refractivity contribution in [2.24, 2.45) is 5.41 Å². The summed E-state index contributed by atoms with van der Waals surface area (Å²) in [5, 5.41) is 7.56. The molecule has 1 aliphatic rings. The Morgan fingerprint density at radius 1 is 1.36 bits per heavy atom. The van der Waals surface area contributed by atoms with Crippen LogP contribution >= 0.6 is 0 Å². The minimum Gasteiger partial charge on any atom is -0.355 e. The fourth-order valence-corrected chi connectivity index (χ4v) is 3.14. The molecule has 4 heteroatoms. The van der Waals surface area contributed by atoms with Gasteiger partial charge in [0.2, 0.25) is 5.91 Å². The van der Waals surface area contributed by atoms with Crippen LogP contribution in [0.3, 0.4) is 0 Å². The number of carbonyl (C=O) groups is 1. The standard InChI is InChI=1S/C18H23N3O/c1-18(9-4-10-19-13-18)17(22)21-12-8-15-6-2-5-14-7-3-11-20-16(14)15/h2-3,5-7,11,19H,4,8-10,12-13H2,1H3,(H,21,22). The van der Waals surface area contributed by atoms with Crippen LogP contribution in [0.4, 0.5) is 0 Å². The highest BCUT2D eigenvalue weighted by atomic mass is 16.2. The van der Waals surface area contributed by atoms with Gasteiger partial charge in [0.25, 0.3) is 0 Å². The van der Waals surface area contributed by atoms with Gasteiger partial charge in [-0.05, 0) is 44.4 Å². The van der Waals surface area contributed by atoms with Crippen LogP contribution < -0.4 is 10.6 Å². The van der Waals surface area contributed by atoms with Crippen molar-refractivity contribution in [3.05, 3.63) is 42.1 Å². The van der Waals surface area contributed by atoms with E-state index in [1.807, 2.05) is 25.3 Å². The van der Waals surface area contributed by atoms with Crippen LogP contribution in [0.2, 0.25) is 0 Å². The van der Waals surface area contributed by atoms with Crippen LogP contribution in [0.15, 0.2) is 36.5 Å². The number of carbonyl (C=O) groups excluding carboxylic acids is 1. The van der Waals surface area contributed by atoms with Gasteiger partial charge >= 0.3 is 0 Å². The van der Waals surface area contributed by atoms with E-state index in [0.29, 0.717) is 6.54 Å². The van der Waals surface area contributed by atoms with Gasteiger partial charge in [0.15, 0.2) is 0 Å². The van der Waals surface area contributed by atoms with Crippen molar-refractivity contribution in [1.82, 2.24) is 15.6 Å². The zero-order valence-electron chi connectivity index (χ0n) is 13.1. The number of hydrogen-bond acceptors (Lipinski definition) is 3. The van der Waals surface area contributed by atoms with E-state index in [4.69, 9.17) is 0 Å². The summed E-state index contributed by atoms with van der Waals surface area (Å²) in [5.74, 6) is 0.160. The van der Waals surface area contributed by atoms with E-state index in [0.717, 1.165) is 43.3 Å². The summed E-state index contributed by atoms with van der Waals surface area (Å²) in [5.41, 5.74) is 1.95. The van der Waals surface area contributed by atoms with Gasteiger partial charge in [-0.25, -0.2) is 0 Å². The summed E-state index contributed by atoms with van der Waals surface area (Å²) in [6.07, 6.45) is 4.65. The third-order valence-corrected chi connectivity index (χ3v) is 4.54. The molecule has 3 rings (SSSR count). The van der Waals surface area contributed by atoms with E-state index < -0.39 is 0 Å². The van der Waals surface area contributed by atoms with Crippen molar-refractivity contribution in [2.75, 3.05) is 19.6 Å². The molecule has 1 saturated heterocycles. The third-order valence-electron chi connectivity index (χ3n) is 4.54. The van der Waals surface area contributed by atoms with E-state index in [2.05, 4.69) is 33.8 Å². The molecule has 2 N–H and O–H groups in total. The van der Waals surface area contributed by atoms with Crippen LogP contribution in [0.5, 0.6) is 0 Å². The maximum absolute atomic E-state index is 12.4. The Morgan fingerprint density at radius 3 is 3.05 bits per heavy atom. The molecule has 116 valence electrons. The highest BCUT2D eigenvalue weighted by Crippen LogP contribution is 2.25. The van der Waals surface area contributed by atoms with Gasteiger partial charge in [-0.2, -0.15) is 0 Å². The zero-order valence-corrected chi connectivity index (χ0v) is 13.1. The van der Waals surface area contributed by atoms with Gasteiger partial charge in [0, 0.05) is 24.7 Å². The first-order chi connectivity index (χ1) is 10.7. The smallest absolute Gasteiger partial charge is 0.227 e. The Bertz CT molecular complexity index is 657. The number of pyridine rings is 1. The monoisotopic (exact) mass is 297 g/mol. The number of aromatic nitrogens is 1. The normalized spacial score (nSPS) is 21.7. The van der Waals surface area contributed by atoms with E-state index in [9.17, 15) is 4.79 Å². The Kier molecular flexibility index (Phi) is 4.39. The van der Waals surface area contributed by atoms with Crippen molar-refractivity contribution in [1.29, 1.82) is 0 Å². The minimum atomic E-state index is -0.269. The molecule has 0 saturated carbocycles. The highest BCUT2D eigenvalue weighted by Gasteiger charge is 2.34. The number of fused-ring (bicyclic) bond motifs is 1. The SMILES string of the molecule is CC1(C(=O)NCCc2cccc3cccnc23)CCCNC1. The Labute approximate surface area is 131 Å². The molecule has 2 aromatic rings. The molecule has 1 aliphatic heterocycles. The molecule has 1 atom stereocenters. The molecule has 0 bridgehead atoms. The lowest BCUT2D eigenvalue weighted by molar-refractivity contribution is -0.131. The molecule has 0 spiro atoms. The first-order valence-corrected chi connectivity index (χ1v) is 8.01. The number of rotatable bonds is 4. The summed E-state index contributed by atoms with van der Waals surface area (Å²) >= 11 is 0. The summed E-state index contributed by atoms with van der Waals surface area (Å²) in [7, 11) is 0. The van der Waals surface area contributed by atoms with Crippen LogP contribution in [-0.4, -0.2) is 30.5 Å². The van der Waals surface area contributed by atoms with E-state index >= 15 is 0 Å². The molecule has 2 heterocycles. The second-order valence-electron chi connectivity index (χ2n) is 6.34. The summed E-state index contributed by atoms with van der Waals surface area (Å²) in [6.45, 7) is 4.50. The lowest BCUT2D eigenvalue weighted by atomic mass is 9.82. The number of nitrogens with one attached hydrogen (secondary N) is 2. The van der Waals surface area contributed by atoms with Crippen LogP contribution in [0.1, 0.15) is 25.3 Å². The average Bonchev–Trinajstić information content (AvgIpc) is 2.55. The Morgan fingerprint density at radius 2 is 2.23 bits per heavy atom. The maximum atomic E-state index is 12.4. The summed E-state index contributed by atoms with van der Waals surface area (Å²) in [6, 6.07) is 10.2. The fourth-order valence-electron chi connectivity index (χ4n) is 3.14. The topological polar surface area (TPSA) is 54.0 Å². The first-order valence-electron chi connectivity index (χ1n) is 8.01. The predicted molar refractivity (Wildman–Crippen MR) is 88.7 cm³/mol. The number of benzene rings is 1. The van der Waals surface area contributed by atoms with Crippen molar-refractivity contribution >= 4 is 16.8 Å². The van der Waals surface area contributed by atoms with Crippen molar-refractivity contribution < 1.29 is 4.79 Å².